The van der Waals surface area contributed by atoms with Crippen LogP contribution in [0.5, 0.6) is 0 Å². The first-order valence-electron chi connectivity index (χ1n) is 9.61. The summed E-state index contributed by atoms with van der Waals surface area (Å²) >= 11 is 1.62. The number of thioether (sulfide) groups is 1. The number of hydrogen-bond acceptors (Lipinski definition) is 8. The Morgan fingerprint density at radius 1 is 1.00 bits per heavy atom. The Hall–Kier alpha value is -1.61. The van der Waals surface area contributed by atoms with Crippen molar-refractivity contribution in [2.24, 2.45) is 0 Å². The fourth-order valence-electron chi connectivity index (χ4n) is 3.64. The molecule has 0 aromatic carbocycles. The molecule has 1 atom stereocenters. The number of ether oxygens (including phenoxy) is 1. The Morgan fingerprint density at radius 3 is 2.65 bits per heavy atom. The van der Waals surface area contributed by atoms with Crippen molar-refractivity contribution >= 4 is 17.7 Å². The average molecular weight is 376 g/mol. The minimum absolute atomic E-state index is 0.261. The summed E-state index contributed by atoms with van der Waals surface area (Å²) in [6, 6.07) is 0. The number of hydrogen-bond donors (Lipinski definition) is 0. The maximum Gasteiger partial charge on any atom is 0.228 e. The van der Waals surface area contributed by atoms with Crippen LogP contribution in [-0.4, -0.2) is 50.8 Å². The van der Waals surface area contributed by atoms with Crippen molar-refractivity contribution in [3.8, 4) is 0 Å². The zero-order valence-electron chi connectivity index (χ0n) is 14.8. The number of aromatic nitrogens is 5. The van der Waals surface area contributed by atoms with Crippen LogP contribution in [-0.2, 0) is 17.0 Å². The van der Waals surface area contributed by atoms with Crippen molar-refractivity contribution in [1.29, 1.82) is 0 Å². The molecule has 3 aliphatic rings. The van der Waals surface area contributed by atoms with Crippen LogP contribution >= 0.6 is 11.8 Å². The van der Waals surface area contributed by atoms with Gasteiger partial charge in [0.2, 0.25) is 17.7 Å². The first-order chi connectivity index (χ1) is 12.9. The van der Waals surface area contributed by atoms with Gasteiger partial charge in [0.25, 0.3) is 0 Å². The molecule has 2 aliphatic heterocycles. The van der Waals surface area contributed by atoms with E-state index in [-0.39, 0.29) is 6.10 Å². The number of rotatable bonds is 7. The molecular formula is C17H24N6O2S. The highest BCUT2D eigenvalue weighted by Crippen LogP contribution is 2.39. The minimum atomic E-state index is 0.261. The Kier molecular flexibility index (Phi) is 4.58. The van der Waals surface area contributed by atoms with E-state index in [1.165, 1.54) is 25.7 Å². The second-order valence-electron chi connectivity index (χ2n) is 7.32. The van der Waals surface area contributed by atoms with Gasteiger partial charge in [0.05, 0.1) is 18.4 Å². The lowest BCUT2D eigenvalue weighted by molar-refractivity contribution is 0.0952. The van der Waals surface area contributed by atoms with E-state index in [0.717, 1.165) is 56.1 Å². The van der Waals surface area contributed by atoms with Crippen LogP contribution in [0.3, 0.4) is 0 Å². The van der Waals surface area contributed by atoms with Crippen molar-refractivity contribution in [2.75, 3.05) is 24.6 Å². The van der Waals surface area contributed by atoms with Gasteiger partial charge in [-0.15, -0.1) is 20.4 Å². The van der Waals surface area contributed by atoms with Crippen molar-refractivity contribution < 1.29 is 9.15 Å². The maximum absolute atomic E-state index is 5.85. The van der Waals surface area contributed by atoms with Gasteiger partial charge in [0.1, 0.15) is 0 Å². The maximum atomic E-state index is 5.85. The Bertz CT molecular complexity index is 746. The fourth-order valence-corrected chi connectivity index (χ4v) is 4.42. The SMILES string of the molecule is C1CO[C@H](Cn2c(SCc3nnc(C4CC4)o3)nnc2N2CCCC2)C1. The summed E-state index contributed by atoms with van der Waals surface area (Å²) in [4.78, 5) is 2.34. The van der Waals surface area contributed by atoms with E-state index in [9.17, 15) is 0 Å². The van der Waals surface area contributed by atoms with E-state index in [1.807, 2.05) is 0 Å². The van der Waals surface area contributed by atoms with Crippen molar-refractivity contribution in [1.82, 2.24) is 25.0 Å². The van der Waals surface area contributed by atoms with E-state index in [1.54, 1.807) is 11.8 Å². The number of anilines is 1. The van der Waals surface area contributed by atoms with E-state index in [2.05, 4.69) is 29.9 Å². The molecule has 26 heavy (non-hydrogen) atoms. The van der Waals surface area contributed by atoms with Crippen molar-refractivity contribution in [2.45, 2.75) is 68.0 Å². The second-order valence-corrected chi connectivity index (χ2v) is 8.26. The molecule has 2 saturated heterocycles. The highest BCUT2D eigenvalue weighted by Gasteiger charge is 2.30. The molecule has 4 heterocycles. The third-order valence-corrected chi connectivity index (χ3v) is 6.18. The van der Waals surface area contributed by atoms with Crippen LogP contribution in [0.1, 0.15) is 56.2 Å². The summed E-state index contributed by atoms with van der Waals surface area (Å²) < 4.78 is 13.9. The summed E-state index contributed by atoms with van der Waals surface area (Å²) in [6.45, 7) is 3.80. The van der Waals surface area contributed by atoms with Gasteiger partial charge in [-0.25, -0.2) is 0 Å². The van der Waals surface area contributed by atoms with Crippen molar-refractivity contribution in [3.63, 3.8) is 0 Å². The molecule has 5 rings (SSSR count). The third-order valence-electron chi connectivity index (χ3n) is 5.23. The van der Waals surface area contributed by atoms with Crippen LogP contribution in [0, 0.1) is 0 Å². The molecule has 0 unspecified atom stereocenters. The predicted octanol–water partition coefficient (Wildman–Crippen LogP) is 2.61. The molecule has 3 fully saturated rings. The third kappa shape index (κ3) is 3.46. The molecule has 2 aromatic rings. The first kappa shape index (κ1) is 16.6. The monoisotopic (exact) mass is 376 g/mol. The van der Waals surface area contributed by atoms with Gasteiger partial charge in [-0.3, -0.25) is 4.57 Å². The fraction of sp³-hybridized carbons (Fsp3) is 0.765. The van der Waals surface area contributed by atoms with E-state index >= 15 is 0 Å². The van der Waals surface area contributed by atoms with Crippen LogP contribution < -0.4 is 4.90 Å². The molecule has 140 valence electrons. The molecule has 0 amide bonds. The van der Waals surface area contributed by atoms with Gasteiger partial charge in [0.15, 0.2) is 5.16 Å². The molecular weight excluding hydrogens is 352 g/mol. The highest BCUT2D eigenvalue weighted by atomic mass is 32.2. The quantitative estimate of drug-likeness (QED) is 0.682. The summed E-state index contributed by atoms with van der Waals surface area (Å²) in [5.74, 6) is 3.56. The van der Waals surface area contributed by atoms with Crippen LogP contribution in [0.15, 0.2) is 9.57 Å². The predicted molar refractivity (Wildman–Crippen MR) is 96.3 cm³/mol. The summed E-state index contributed by atoms with van der Waals surface area (Å²) in [7, 11) is 0. The normalized spacial score (nSPS) is 23.2. The lowest BCUT2D eigenvalue weighted by atomic mass is 10.2. The van der Waals surface area contributed by atoms with Gasteiger partial charge in [-0.2, -0.15) is 0 Å². The largest absolute Gasteiger partial charge is 0.424 e. The van der Waals surface area contributed by atoms with E-state index in [0.29, 0.717) is 17.6 Å². The Morgan fingerprint density at radius 2 is 1.88 bits per heavy atom. The van der Waals surface area contributed by atoms with Crippen LogP contribution in [0.2, 0.25) is 0 Å². The molecule has 0 radical (unpaired) electrons. The van der Waals surface area contributed by atoms with Crippen LogP contribution in [0.4, 0.5) is 5.95 Å². The zero-order chi connectivity index (χ0) is 17.3. The molecule has 0 N–H and O–H groups in total. The minimum Gasteiger partial charge on any atom is -0.424 e. The van der Waals surface area contributed by atoms with Gasteiger partial charge in [-0.05, 0) is 38.5 Å². The van der Waals surface area contributed by atoms with E-state index in [4.69, 9.17) is 9.15 Å². The second kappa shape index (κ2) is 7.19. The van der Waals surface area contributed by atoms with Crippen LogP contribution in [0.25, 0.3) is 0 Å². The smallest absolute Gasteiger partial charge is 0.228 e. The Balaban J connectivity index is 1.32. The van der Waals surface area contributed by atoms with E-state index < -0.39 is 0 Å². The summed E-state index contributed by atoms with van der Waals surface area (Å²) in [6.07, 6.45) is 7.29. The lowest BCUT2D eigenvalue weighted by Gasteiger charge is -2.20. The molecule has 0 bridgehead atoms. The van der Waals surface area contributed by atoms with Gasteiger partial charge < -0.3 is 14.1 Å². The molecule has 1 saturated carbocycles. The van der Waals surface area contributed by atoms with Gasteiger partial charge in [-0.1, -0.05) is 11.8 Å². The number of nitrogens with zero attached hydrogens (tertiary/aromatic N) is 6. The average Bonchev–Trinajstić information content (AvgIpc) is 3.16. The van der Waals surface area contributed by atoms with Gasteiger partial charge >= 0.3 is 0 Å². The molecule has 2 aromatic heterocycles. The molecule has 9 heteroatoms. The topological polar surface area (TPSA) is 82.1 Å². The van der Waals surface area contributed by atoms with Gasteiger partial charge in [0, 0.05) is 25.6 Å². The molecule has 8 nitrogen and oxygen atoms in total. The first-order valence-corrected chi connectivity index (χ1v) is 10.6. The summed E-state index contributed by atoms with van der Waals surface area (Å²) in [5.41, 5.74) is 0. The summed E-state index contributed by atoms with van der Waals surface area (Å²) in [5, 5.41) is 18.2. The van der Waals surface area contributed by atoms with Crippen molar-refractivity contribution in [3.05, 3.63) is 11.8 Å². The standard InChI is InChI=1S/C17H24N6O2S/c1-2-8-22(7-1)16-20-21-17(23(16)10-13-4-3-9-24-13)26-11-14-18-19-15(25-14)12-5-6-12/h12-13H,1-11H2/t13-/m0/s1. The molecule has 0 spiro atoms. The lowest BCUT2D eigenvalue weighted by Crippen LogP contribution is -2.25. The molecule has 1 aliphatic carbocycles. The Labute approximate surface area is 156 Å². The zero-order valence-corrected chi connectivity index (χ0v) is 15.7. The highest BCUT2D eigenvalue weighted by molar-refractivity contribution is 7.98.